The Morgan fingerprint density at radius 1 is 0.612 bits per heavy atom. The number of benzene rings is 4. The zero-order chi connectivity index (χ0) is 34.6. The molecule has 0 aliphatic rings. The average molecular weight is 657 g/mol. The lowest BCUT2D eigenvalue weighted by molar-refractivity contribution is 1.16. The molecule has 0 aliphatic heterocycles. The van der Waals surface area contributed by atoms with Gasteiger partial charge in [0, 0.05) is 54.8 Å². The Morgan fingerprint density at radius 3 is 2.04 bits per heavy atom. The molecule has 0 atom stereocenters. The van der Waals surface area contributed by atoms with Gasteiger partial charge in [0.25, 0.3) is 0 Å². The summed E-state index contributed by atoms with van der Waals surface area (Å²) in [5.41, 5.74) is 7.34. The van der Waals surface area contributed by atoms with Gasteiger partial charge in [-0.2, -0.15) is 0 Å². The fourth-order valence-corrected chi connectivity index (χ4v) is 6.61. The van der Waals surface area contributed by atoms with Crippen LogP contribution < -0.4 is 0 Å². The summed E-state index contributed by atoms with van der Waals surface area (Å²) >= 11 is 1.84. The summed E-state index contributed by atoms with van der Waals surface area (Å²) in [5, 5.41) is 3.75. The first-order chi connectivity index (χ1) is 24.2. The van der Waals surface area contributed by atoms with E-state index in [9.17, 15) is 0 Å². The smallest absolute Gasteiger partial charge is 0.159 e. The fourth-order valence-electron chi connectivity index (χ4n) is 5.49. The van der Waals surface area contributed by atoms with E-state index in [2.05, 4.69) is 108 Å². The molecule has 8 aromatic rings. The van der Waals surface area contributed by atoms with Crippen LogP contribution in [0.4, 0.5) is 0 Å². The van der Waals surface area contributed by atoms with Crippen LogP contribution in [0.15, 0.2) is 172 Å². The zero-order valence-corrected chi connectivity index (χ0v) is 29.1. The molecule has 0 fully saturated rings. The van der Waals surface area contributed by atoms with Crippen molar-refractivity contribution in [3.05, 3.63) is 172 Å². The van der Waals surface area contributed by atoms with Crippen LogP contribution in [0.2, 0.25) is 0 Å². The van der Waals surface area contributed by atoms with Gasteiger partial charge in [0.2, 0.25) is 0 Å². The standard InChI is InChI=1S/C33H20N4S.C5H8.C4H6.C2H6/c1-2-7-21(8-3-1)27-16-18-35-33(36-27)22-12-14-23(15-13-22)37-28-10-6-17-34-32(28)26-19-25-24-9-4-5-11-30(24)38-31(25)20-29(26)37;1-3-5-4-2;1-3-4-2;1-2/h1-20H;3-5H,1H2,2H3;3-4H,1-2H2;1-2H3/b;5-4-;;. The van der Waals surface area contributed by atoms with Crippen LogP contribution >= 0.6 is 11.3 Å². The first kappa shape index (κ1) is 34.4. The molecule has 4 aromatic carbocycles. The van der Waals surface area contributed by atoms with E-state index >= 15 is 0 Å². The molecule has 0 aliphatic carbocycles. The molecule has 49 heavy (non-hydrogen) atoms. The maximum atomic E-state index is 4.83. The Morgan fingerprint density at radius 2 is 1.35 bits per heavy atom. The van der Waals surface area contributed by atoms with Crippen molar-refractivity contribution in [3.63, 3.8) is 0 Å². The maximum Gasteiger partial charge on any atom is 0.159 e. The van der Waals surface area contributed by atoms with Crippen molar-refractivity contribution >= 4 is 53.4 Å². The number of allylic oxidation sites excluding steroid dienone is 5. The van der Waals surface area contributed by atoms with E-state index in [1.54, 1.807) is 18.2 Å². The van der Waals surface area contributed by atoms with Crippen molar-refractivity contribution in [1.29, 1.82) is 0 Å². The van der Waals surface area contributed by atoms with E-state index < -0.39 is 0 Å². The third kappa shape index (κ3) is 7.48. The molecule has 0 unspecified atom stereocenters. The van der Waals surface area contributed by atoms with E-state index in [0.29, 0.717) is 5.82 Å². The van der Waals surface area contributed by atoms with E-state index in [-0.39, 0.29) is 0 Å². The molecule has 4 aromatic heterocycles. The van der Waals surface area contributed by atoms with Gasteiger partial charge in [0.05, 0.1) is 22.2 Å². The van der Waals surface area contributed by atoms with Gasteiger partial charge in [-0.1, -0.05) is 112 Å². The third-order valence-corrected chi connectivity index (χ3v) is 8.76. The number of aromatic nitrogens is 4. The van der Waals surface area contributed by atoms with Crippen LogP contribution in [0.5, 0.6) is 0 Å². The number of fused-ring (bicyclic) bond motifs is 6. The van der Waals surface area contributed by atoms with Gasteiger partial charge in [-0.05, 0) is 67.6 Å². The molecule has 242 valence electrons. The predicted molar refractivity (Wildman–Crippen MR) is 215 cm³/mol. The number of thiophene rings is 1. The molecule has 0 N–H and O–H groups in total. The van der Waals surface area contributed by atoms with Crippen molar-refractivity contribution in [2.75, 3.05) is 0 Å². The second-order valence-corrected chi connectivity index (χ2v) is 11.7. The highest BCUT2D eigenvalue weighted by atomic mass is 32.1. The van der Waals surface area contributed by atoms with Crippen molar-refractivity contribution in [2.24, 2.45) is 0 Å². The molecule has 0 radical (unpaired) electrons. The Hall–Kier alpha value is -5.91. The normalized spacial score (nSPS) is 10.5. The van der Waals surface area contributed by atoms with Crippen LogP contribution in [-0.2, 0) is 0 Å². The lowest BCUT2D eigenvalue weighted by Crippen LogP contribution is -1.95. The minimum absolute atomic E-state index is 0.716. The van der Waals surface area contributed by atoms with Crippen LogP contribution in [0.1, 0.15) is 20.8 Å². The lowest BCUT2D eigenvalue weighted by Gasteiger charge is -2.09. The lowest BCUT2D eigenvalue weighted by atomic mass is 10.1. The maximum absolute atomic E-state index is 4.83. The summed E-state index contributed by atoms with van der Waals surface area (Å²) in [7, 11) is 0. The molecular weight excluding hydrogens is 617 g/mol. The Balaban J connectivity index is 0.000000377. The highest BCUT2D eigenvalue weighted by Gasteiger charge is 2.16. The molecule has 0 spiro atoms. The predicted octanol–water partition coefficient (Wildman–Crippen LogP) is 12.8. The first-order valence-corrected chi connectivity index (χ1v) is 17.1. The van der Waals surface area contributed by atoms with Crippen molar-refractivity contribution in [3.8, 4) is 28.3 Å². The van der Waals surface area contributed by atoms with Crippen LogP contribution in [0, 0.1) is 0 Å². The Bertz CT molecular complexity index is 2350. The Kier molecular flexibility index (Phi) is 11.8. The number of hydrogen-bond acceptors (Lipinski definition) is 4. The first-order valence-electron chi connectivity index (χ1n) is 16.3. The fraction of sp³-hybridized carbons (Fsp3) is 0.0682. The number of rotatable bonds is 5. The molecule has 0 bridgehead atoms. The van der Waals surface area contributed by atoms with Gasteiger partial charge in [-0.15, -0.1) is 11.3 Å². The summed E-state index contributed by atoms with van der Waals surface area (Å²) < 4.78 is 4.90. The van der Waals surface area contributed by atoms with Crippen molar-refractivity contribution in [2.45, 2.75) is 20.8 Å². The van der Waals surface area contributed by atoms with Gasteiger partial charge in [-0.3, -0.25) is 4.98 Å². The summed E-state index contributed by atoms with van der Waals surface area (Å²) in [6, 6.07) is 38.1. The second kappa shape index (κ2) is 16.8. The SMILES string of the molecule is C=C/C=C\C.C=CC=C.CC.c1ccc(-c2ccnc(-c3ccc(-n4c5cc6sc7ccccc7c6cc5c5ncccc54)cc3)n2)cc1. The molecular formula is C44H40N4S. The second-order valence-electron chi connectivity index (χ2n) is 10.6. The average Bonchev–Trinajstić information content (AvgIpc) is 3.70. The summed E-state index contributed by atoms with van der Waals surface area (Å²) in [6.45, 7) is 16.1. The summed E-state index contributed by atoms with van der Waals surface area (Å²) in [4.78, 5) is 14.2. The van der Waals surface area contributed by atoms with Crippen molar-refractivity contribution < 1.29 is 0 Å². The molecule has 4 heterocycles. The minimum Gasteiger partial charge on any atom is -0.308 e. The largest absolute Gasteiger partial charge is 0.308 e. The summed E-state index contributed by atoms with van der Waals surface area (Å²) in [5.74, 6) is 0.716. The van der Waals surface area contributed by atoms with E-state index in [1.165, 1.54) is 25.6 Å². The van der Waals surface area contributed by atoms with E-state index in [4.69, 9.17) is 9.97 Å². The molecule has 4 nitrogen and oxygen atoms in total. The van der Waals surface area contributed by atoms with Gasteiger partial charge >= 0.3 is 0 Å². The quantitative estimate of drug-likeness (QED) is 0.173. The number of hydrogen-bond donors (Lipinski definition) is 0. The minimum atomic E-state index is 0.716. The van der Waals surface area contributed by atoms with Gasteiger partial charge in [0.15, 0.2) is 5.82 Å². The topological polar surface area (TPSA) is 43.6 Å². The van der Waals surface area contributed by atoms with Gasteiger partial charge in [0.1, 0.15) is 0 Å². The molecule has 5 heteroatoms. The zero-order valence-electron chi connectivity index (χ0n) is 28.3. The third-order valence-electron chi connectivity index (χ3n) is 7.62. The number of pyridine rings is 1. The monoisotopic (exact) mass is 656 g/mol. The van der Waals surface area contributed by atoms with Crippen LogP contribution in [-0.4, -0.2) is 19.5 Å². The van der Waals surface area contributed by atoms with E-state index in [1.807, 2.05) is 87.0 Å². The summed E-state index contributed by atoms with van der Waals surface area (Å²) in [6.07, 6.45) is 12.6. The Labute approximate surface area is 292 Å². The molecule has 0 saturated heterocycles. The van der Waals surface area contributed by atoms with Crippen LogP contribution in [0.3, 0.4) is 0 Å². The molecule has 0 saturated carbocycles. The highest BCUT2D eigenvalue weighted by Crippen LogP contribution is 2.40. The van der Waals surface area contributed by atoms with Gasteiger partial charge in [-0.25, -0.2) is 9.97 Å². The molecule has 8 rings (SSSR count). The number of nitrogens with zero attached hydrogens (tertiary/aromatic N) is 4. The van der Waals surface area contributed by atoms with Crippen LogP contribution in [0.25, 0.3) is 70.4 Å². The van der Waals surface area contributed by atoms with Crippen molar-refractivity contribution in [1.82, 2.24) is 19.5 Å². The highest BCUT2D eigenvalue weighted by molar-refractivity contribution is 7.25. The van der Waals surface area contributed by atoms with E-state index in [0.717, 1.165) is 39.1 Å². The van der Waals surface area contributed by atoms with Gasteiger partial charge < -0.3 is 4.57 Å². The molecule has 0 amide bonds.